The third-order valence-corrected chi connectivity index (χ3v) is 3.96. The van der Waals surface area contributed by atoms with Crippen molar-refractivity contribution >= 4 is 22.5 Å². The summed E-state index contributed by atoms with van der Waals surface area (Å²) in [6.07, 6.45) is 3.22. The van der Waals surface area contributed by atoms with Crippen molar-refractivity contribution in [2.24, 2.45) is 0 Å². The summed E-state index contributed by atoms with van der Waals surface area (Å²) in [6, 6.07) is 4.18. The van der Waals surface area contributed by atoms with Gasteiger partial charge >= 0.3 is 0 Å². The summed E-state index contributed by atoms with van der Waals surface area (Å²) >= 11 is 5.89. The highest BCUT2D eigenvalue weighted by molar-refractivity contribution is 6.17. The van der Waals surface area contributed by atoms with Gasteiger partial charge in [0.05, 0.1) is 0 Å². The molecule has 0 radical (unpaired) electrons. The first-order valence-corrected chi connectivity index (χ1v) is 6.47. The quantitative estimate of drug-likeness (QED) is 0.772. The maximum absolute atomic E-state index is 11.9. The number of pyridine rings is 1. The Morgan fingerprint density at radius 3 is 2.94 bits per heavy atom. The number of alkyl halides is 1. The van der Waals surface area contributed by atoms with E-state index in [2.05, 4.69) is 11.1 Å². The molecule has 1 aromatic carbocycles. The Kier molecular flexibility index (Phi) is 2.48. The maximum Gasteiger partial charge on any atom is 0.251 e. The van der Waals surface area contributed by atoms with Gasteiger partial charge in [-0.3, -0.25) is 4.79 Å². The topological polar surface area (TPSA) is 32.9 Å². The van der Waals surface area contributed by atoms with Crippen LogP contribution in [-0.4, -0.2) is 4.98 Å². The molecule has 1 aromatic heterocycles. The molecular weight excluding hydrogens is 234 g/mol. The van der Waals surface area contributed by atoms with E-state index in [1.165, 1.54) is 16.5 Å². The minimum absolute atomic E-state index is 0.0343. The molecule has 1 aliphatic carbocycles. The number of H-pyrrole nitrogens is 1. The Morgan fingerprint density at radius 2 is 2.18 bits per heavy atom. The molecule has 0 fully saturated rings. The molecule has 3 rings (SSSR count). The SMILES string of the molecule is Cc1c2c3c(cc(CCl)cc3[nH]c1=O)CCC2. The summed E-state index contributed by atoms with van der Waals surface area (Å²) < 4.78 is 0. The number of halogens is 1. The van der Waals surface area contributed by atoms with E-state index in [1.54, 1.807) is 0 Å². The number of nitrogens with one attached hydrogen (secondary N) is 1. The van der Waals surface area contributed by atoms with E-state index in [1.807, 2.05) is 13.0 Å². The molecule has 2 nitrogen and oxygen atoms in total. The van der Waals surface area contributed by atoms with Gasteiger partial charge in [0.2, 0.25) is 0 Å². The minimum atomic E-state index is 0.0343. The van der Waals surface area contributed by atoms with E-state index in [0.29, 0.717) is 5.88 Å². The third-order valence-electron chi connectivity index (χ3n) is 3.65. The van der Waals surface area contributed by atoms with E-state index >= 15 is 0 Å². The van der Waals surface area contributed by atoms with Crippen molar-refractivity contribution in [1.29, 1.82) is 0 Å². The Hall–Kier alpha value is -1.28. The molecule has 0 bridgehead atoms. The third kappa shape index (κ3) is 1.59. The zero-order valence-corrected chi connectivity index (χ0v) is 10.5. The fourth-order valence-corrected chi connectivity index (χ4v) is 2.96. The first-order chi connectivity index (χ1) is 8.20. The second-order valence-electron chi connectivity index (χ2n) is 4.72. The fourth-order valence-electron chi connectivity index (χ4n) is 2.81. The Labute approximate surface area is 105 Å². The van der Waals surface area contributed by atoms with Crippen molar-refractivity contribution in [1.82, 2.24) is 4.98 Å². The Balaban J connectivity index is 2.48. The molecular formula is C14H14ClNO. The van der Waals surface area contributed by atoms with Gasteiger partial charge in [-0.15, -0.1) is 11.6 Å². The van der Waals surface area contributed by atoms with Crippen LogP contribution in [0.1, 0.15) is 28.7 Å². The smallest absolute Gasteiger partial charge is 0.251 e. The molecule has 0 amide bonds. The van der Waals surface area contributed by atoms with Gasteiger partial charge in [-0.2, -0.15) is 0 Å². The number of aromatic nitrogens is 1. The van der Waals surface area contributed by atoms with Gasteiger partial charge in [0.25, 0.3) is 5.56 Å². The van der Waals surface area contributed by atoms with E-state index in [4.69, 9.17) is 11.6 Å². The first-order valence-electron chi connectivity index (χ1n) is 5.94. The zero-order valence-electron chi connectivity index (χ0n) is 9.77. The van der Waals surface area contributed by atoms with Gasteiger partial charge in [0.15, 0.2) is 0 Å². The lowest BCUT2D eigenvalue weighted by molar-refractivity contribution is 0.798. The largest absolute Gasteiger partial charge is 0.322 e. The van der Waals surface area contributed by atoms with E-state index < -0.39 is 0 Å². The molecule has 88 valence electrons. The summed E-state index contributed by atoms with van der Waals surface area (Å²) in [5, 5.41) is 1.25. The van der Waals surface area contributed by atoms with Crippen LogP contribution in [0.3, 0.4) is 0 Å². The summed E-state index contributed by atoms with van der Waals surface area (Å²) in [5.41, 5.74) is 5.50. The van der Waals surface area contributed by atoms with Crippen molar-refractivity contribution in [3.63, 3.8) is 0 Å². The lowest BCUT2D eigenvalue weighted by atomic mass is 9.87. The van der Waals surface area contributed by atoms with Crippen molar-refractivity contribution in [2.45, 2.75) is 32.1 Å². The molecule has 0 saturated carbocycles. The fraction of sp³-hybridized carbons (Fsp3) is 0.357. The molecule has 2 aromatic rings. The second-order valence-corrected chi connectivity index (χ2v) is 4.99. The molecule has 1 aliphatic rings. The predicted octanol–water partition coefficient (Wildman–Crippen LogP) is 3.06. The van der Waals surface area contributed by atoms with Crippen molar-refractivity contribution in [3.8, 4) is 0 Å². The number of hydrogen-bond donors (Lipinski definition) is 1. The molecule has 0 unspecified atom stereocenters. The van der Waals surface area contributed by atoms with Crippen LogP contribution in [0.15, 0.2) is 16.9 Å². The maximum atomic E-state index is 11.9. The highest BCUT2D eigenvalue weighted by Gasteiger charge is 2.17. The van der Waals surface area contributed by atoms with Crippen LogP contribution in [0.2, 0.25) is 0 Å². The molecule has 3 heteroatoms. The molecule has 1 heterocycles. The van der Waals surface area contributed by atoms with Crippen LogP contribution in [0.5, 0.6) is 0 Å². The predicted molar refractivity (Wildman–Crippen MR) is 70.9 cm³/mol. The van der Waals surface area contributed by atoms with Gasteiger partial charge in [0.1, 0.15) is 0 Å². The van der Waals surface area contributed by atoms with Crippen LogP contribution in [0.25, 0.3) is 10.9 Å². The minimum Gasteiger partial charge on any atom is -0.322 e. The molecule has 1 N–H and O–H groups in total. The molecule has 17 heavy (non-hydrogen) atoms. The van der Waals surface area contributed by atoms with Crippen molar-refractivity contribution in [3.05, 3.63) is 44.7 Å². The standard InChI is InChI=1S/C14H14ClNO/c1-8-11-4-2-3-10-5-9(7-15)6-12(13(10)11)16-14(8)17/h5-6H,2-4,7H2,1H3,(H,16,17). The van der Waals surface area contributed by atoms with Crippen molar-refractivity contribution in [2.75, 3.05) is 0 Å². The average molecular weight is 248 g/mol. The van der Waals surface area contributed by atoms with Crippen LogP contribution in [0, 0.1) is 6.92 Å². The first kappa shape index (κ1) is 10.8. The van der Waals surface area contributed by atoms with Crippen molar-refractivity contribution < 1.29 is 0 Å². The summed E-state index contributed by atoms with van der Waals surface area (Å²) in [7, 11) is 0. The monoisotopic (exact) mass is 247 g/mol. The van der Waals surface area contributed by atoms with Gasteiger partial charge in [-0.25, -0.2) is 0 Å². The highest BCUT2D eigenvalue weighted by Crippen LogP contribution is 2.30. The molecule has 0 saturated heterocycles. The molecule has 0 spiro atoms. The normalized spacial score (nSPS) is 14.2. The van der Waals surface area contributed by atoms with Gasteiger partial charge in [-0.1, -0.05) is 6.07 Å². The Bertz CT molecular complexity index is 657. The summed E-state index contributed by atoms with van der Waals surface area (Å²) in [4.78, 5) is 14.8. The van der Waals surface area contributed by atoms with Crippen LogP contribution >= 0.6 is 11.6 Å². The van der Waals surface area contributed by atoms with E-state index in [0.717, 1.165) is 35.9 Å². The number of aryl methyl sites for hydroxylation is 2. The number of rotatable bonds is 1. The molecule has 0 aliphatic heterocycles. The highest BCUT2D eigenvalue weighted by atomic mass is 35.5. The number of hydrogen-bond acceptors (Lipinski definition) is 1. The van der Waals surface area contributed by atoms with Gasteiger partial charge in [-0.05, 0) is 48.9 Å². The summed E-state index contributed by atoms with van der Waals surface area (Å²) in [5.74, 6) is 0.494. The van der Waals surface area contributed by atoms with Crippen LogP contribution < -0.4 is 5.56 Å². The second kappa shape index (κ2) is 3.88. The van der Waals surface area contributed by atoms with Gasteiger partial charge in [0, 0.05) is 22.3 Å². The number of aromatic amines is 1. The van der Waals surface area contributed by atoms with Gasteiger partial charge < -0.3 is 4.98 Å². The molecule has 0 atom stereocenters. The number of benzene rings is 1. The van der Waals surface area contributed by atoms with E-state index in [-0.39, 0.29) is 5.56 Å². The van der Waals surface area contributed by atoms with Crippen LogP contribution in [-0.2, 0) is 18.7 Å². The lowest BCUT2D eigenvalue weighted by Crippen LogP contribution is -2.16. The average Bonchev–Trinajstić information content (AvgIpc) is 2.35. The zero-order chi connectivity index (χ0) is 12.0. The van der Waals surface area contributed by atoms with Crippen LogP contribution in [0.4, 0.5) is 0 Å². The summed E-state index contributed by atoms with van der Waals surface area (Å²) in [6.45, 7) is 1.91. The Morgan fingerprint density at radius 1 is 1.35 bits per heavy atom. The van der Waals surface area contributed by atoms with E-state index in [9.17, 15) is 4.79 Å². The lowest BCUT2D eigenvalue weighted by Gasteiger charge is -2.19.